The number of nitrogens with one attached hydrogen (secondary N) is 3. The first-order valence-corrected chi connectivity index (χ1v) is 9.30. The fraction of sp³-hybridized carbons (Fsp3) is 0.381. The molecule has 0 amide bonds. The lowest BCUT2D eigenvalue weighted by Gasteiger charge is -2.26. The van der Waals surface area contributed by atoms with E-state index in [4.69, 9.17) is 4.74 Å². The van der Waals surface area contributed by atoms with Crippen molar-refractivity contribution in [1.82, 2.24) is 10.4 Å². The molecular formula is C21H25N3O3. The topological polar surface area (TPSA) is 86.4 Å². The lowest BCUT2D eigenvalue weighted by Crippen LogP contribution is -2.31. The summed E-state index contributed by atoms with van der Waals surface area (Å²) in [6.45, 7) is 5.69. The van der Waals surface area contributed by atoms with Gasteiger partial charge in [-0.15, -0.1) is 0 Å². The largest absolute Gasteiger partial charge is 0.507 e. The molecule has 1 aliphatic heterocycles. The number of anilines is 1. The Balaban J connectivity index is 1.64. The number of esters is 1. The number of hydrogen-bond acceptors (Lipinski definition) is 5. The number of benzene rings is 1. The fourth-order valence-electron chi connectivity index (χ4n) is 3.72. The summed E-state index contributed by atoms with van der Waals surface area (Å²) in [6.07, 6.45) is 4.27. The number of aromatic hydroxyl groups is 1. The molecule has 0 bridgehead atoms. The summed E-state index contributed by atoms with van der Waals surface area (Å²) >= 11 is 0. The molecule has 27 heavy (non-hydrogen) atoms. The summed E-state index contributed by atoms with van der Waals surface area (Å²) in [6, 6.07) is 7.21. The Labute approximate surface area is 158 Å². The van der Waals surface area contributed by atoms with Gasteiger partial charge in [0, 0.05) is 16.8 Å². The van der Waals surface area contributed by atoms with Crippen LogP contribution in [0.15, 0.2) is 24.3 Å². The monoisotopic (exact) mass is 367 g/mol. The summed E-state index contributed by atoms with van der Waals surface area (Å²) in [5.74, 6) is 0.852. The number of rotatable bonds is 2. The Bertz CT molecular complexity index is 921. The second kappa shape index (κ2) is 6.37. The third-order valence-corrected chi connectivity index (χ3v) is 4.97. The molecule has 2 heterocycles. The van der Waals surface area contributed by atoms with Gasteiger partial charge in [0.2, 0.25) is 0 Å². The molecule has 6 heteroatoms. The highest BCUT2D eigenvalue weighted by Gasteiger charge is 2.32. The SMILES string of the molecule is CC(C)(C)OC(=O)C1CCc2[nH]c3c(c2C1)C=C(c1ccccc1O)NN3. The average molecular weight is 367 g/mol. The molecule has 4 N–H and O–H groups in total. The standard InChI is InChI=1S/C21H25N3O3/c1-21(2,3)27-20(26)12-8-9-16-14(10-12)15-11-17(23-24-19(15)22-16)13-6-4-5-7-18(13)25/h4-7,11-12,22-25H,8-10H2,1-3H3. The van der Waals surface area contributed by atoms with Crippen molar-refractivity contribution in [3.8, 4) is 5.75 Å². The van der Waals surface area contributed by atoms with Gasteiger partial charge in [-0.3, -0.25) is 15.6 Å². The third-order valence-electron chi connectivity index (χ3n) is 4.97. The van der Waals surface area contributed by atoms with E-state index in [9.17, 15) is 9.90 Å². The van der Waals surface area contributed by atoms with Crippen molar-refractivity contribution >= 4 is 23.6 Å². The zero-order chi connectivity index (χ0) is 19.2. The highest BCUT2D eigenvalue weighted by molar-refractivity contribution is 5.90. The van der Waals surface area contributed by atoms with Crippen LogP contribution in [0.4, 0.5) is 5.82 Å². The number of hydrogen-bond donors (Lipinski definition) is 4. The molecule has 1 aliphatic carbocycles. The Kier molecular flexibility index (Phi) is 4.13. The molecule has 2 aromatic rings. The molecule has 0 radical (unpaired) electrons. The van der Waals surface area contributed by atoms with E-state index in [1.165, 1.54) is 0 Å². The van der Waals surface area contributed by atoms with Crippen molar-refractivity contribution in [3.63, 3.8) is 0 Å². The predicted molar refractivity (Wildman–Crippen MR) is 105 cm³/mol. The Hall–Kier alpha value is -2.89. The van der Waals surface area contributed by atoms with Crippen molar-refractivity contribution in [1.29, 1.82) is 0 Å². The van der Waals surface area contributed by atoms with Gasteiger partial charge < -0.3 is 14.8 Å². The summed E-state index contributed by atoms with van der Waals surface area (Å²) in [5, 5.41) is 10.1. The first-order valence-electron chi connectivity index (χ1n) is 9.30. The summed E-state index contributed by atoms with van der Waals surface area (Å²) < 4.78 is 5.59. The molecule has 0 spiro atoms. The molecule has 6 nitrogen and oxygen atoms in total. The van der Waals surface area contributed by atoms with Gasteiger partial charge in [0.05, 0.1) is 11.6 Å². The summed E-state index contributed by atoms with van der Waals surface area (Å²) in [7, 11) is 0. The molecule has 0 saturated heterocycles. The van der Waals surface area contributed by atoms with Gasteiger partial charge in [0.15, 0.2) is 0 Å². The number of aromatic amines is 1. The fourth-order valence-corrected chi connectivity index (χ4v) is 3.72. The molecule has 4 rings (SSSR count). The van der Waals surface area contributed by atoms with E-state index in [0.717, 1.165) is 46.7 Å². The van der Waals surface area contributed by atoms with Gasteiger partial charge >= 0.3 is 5.97 Å². The molecule has 1 atom stereocenters. The van der Waals surface area contributed by atoms with Crippen LogP contribution in [-0.2, 0) is 22.4 Å². The minimum Gasteiger partial charge on any atom is -0.507 e. The van der Waals surface area contributed by atoms with Gasteiger partial charge in [-0.25, -0.2) is 0 Å². The maximum absolute atomic E-state index is 12.5. The number of phenolic OH excluding ortho intramolecular Hbond substituents is 1. The quantitative estimate of drug-likeness (QED) is 0.610. The van der Waals surface area contributed by atoms with Crippen LogP contribution in [0.1, 0.15) is 49.6 Å². The second-order valence-corrected chi connectivity index (χ2v) is 8.17. The van der Waals surface area contributed by atoms with Crippen molar-refractivity contribution in [2.75, 3.05) is 5.43 Å². The van der Waals surface area contributed by atoms with E-state index in [1.807, 2.05) is 39.0 Å². The Morgan fingerprint density at radius 3 is 2.74 bits per heavy atom. The van der Waals surface area contributed by atoms with Gasteiger partial charge in [0.25, 0.3) is 0 Å². The molecular weight excluding hydrogens is 342 g/mol. The first kappa shape index (κ1) is 17.5. The minimum atomic E-state index is -0.474. The van der Waals surface area contributed by atoms with Crippen LogP contribution in [0.3, 0.4) is 0 Å². The average Bonchev–Trinajstić information content (AvgIpc) is 2.97. The molecule has 1 unspecified atom stereocenters. The lowest BCUT2D eigenvalue weighted by atomic mass is 9.85. The zero-order valence-corrected chi connectivity index (χ0v) is 15.8. The number of carbonyl (C=O) groups is 1. The number of ether oxygens (including phenoxy) is 1. The van der Waals surface area contributed by atoms with Crippen molar-refractivity contribution in [2.24, 2.45) is 5.92 Å². The maximum Gasteiger partial charge on any atom is 0.309 e. The number of hydrazine groups is 1. The van der Waals surface area contributed by atoms with E-state index in [1.54, 1.807) is 12.1 Å². The van der Waals surface area contributed by atoms with Gasteiger partial charge in [-0.1, -0.05) is 12.1 Å². The minimum absolute atomic E-state index is 0.130. The highest BCUT2D eigenvalue weighted by atomic mass is 16.6. The number of phenols is 1. The lowest BCUT2D eigenvalue weighted by molar-refractivity contribution is -0.160. The molecule has 142 valence electrons. The highest BCUT2D eigenvalue weighted by Crippen LogP contribution is 2.38. The van der Waals surface area contributed by atoms with Crippen LogP contribution in [0.2, 0.25) is 0 Å². The van der Waals surface area contributed by atoms with Crippen LogP contribution in [0.25, 0.3) is 11.8 Å². The Morgan fingerprint density at radius 1 is 1.22 bits per heavy atom. The second-order valence-electron chi connectivity index (χ2n) is 8.17. The van der Waals surface area contributed by atoms with Crippen LogP contribution < -0.4 is 10.9 Å². The molecule has 2 aliphatic rings. The van der Waals surface area contributed by atoms with E-state index in [2.05, 4.69) is 15.8 Å². The zero-order valence-electron chi connectivity index (χ0n) is 15.8. The number of aromatic nitrogens is 1. The van der Waals surface area contributed by atoms with E-state index in [-0.39, 0.29) is 17.6 Å². The van der Waals surface area contributed by atoms with Gasteiger partial charge in [0.1, 0.15) is 17.2 Å². The normalized spacial score (nSPS) is 18.5. The maximum atomic E-state index is 12.5. The summed E-state index contributed by atoms with van der Waals surface area (Å²) in [5.41, 5.74) is 10.7. The molecule has 1 aromatic carbocycles. The van der Waals surface area contributed by atoms with E-state index in [0.29, 0.717) is 6.42 Å². The smallest absolute Gasteiger partial charge is 0.309 e. The van der Waals surface area contributed by atoms with Crippen molar-refractivity contribution in [2.45, 2.75) is 45.6 Å². The number of carbonyl (C=O) groups excluding carboxylic acids is 1. The van der Waals surface area contributed by atoms with Crippen LogP contribution in [0.5, 0.6) is 5.75 Å². The van der Waals surface area contributed by atoms with Crippen molar-refractivity contribution in [3.05, 3.63) is 46.6 Å². The van der Waals surface area contributed by atoms with E-state index >= 15 is 0 Å². The van der Waals surface area contributed by atoms with E-state index < -0.39 is 5.60 Å². The van der Waals surface area contributed by atoms with Crippen molar-refractivity contribution < 1.29 is 14.6 Å². The van der Waals surface area contributed by atoms with Crippen LogP contribution in [0, 0.1) is 5.92 Å². The number of aryl methyl sites for hydroxylation is 1. The summed E-state index contributed by atoms with van der Waals surface area (Å²) in [4.78, 5) is 16.0. The number of H-pyrrole nitrogens is 1. The predicted octanol–water partition coefficient (Wildman–Crippen LogP) is 3.60. The Morgan fingerprint density at radius 2 is 2.00 bits per heavy atom. The first-order chi connectivity index (χ1) is 12.8. The molecule has 0 fully saturated rings. The molecule has 1 aromatic heterocycles. The number of para-hydroxylation sites is 1. The third kappa shape index (κ3) is 3.39. The molecule has 0 saturated carbocycles. The van der Waals surface area contributed by atoms with Gasteiger partial charge in [-0.2, -0.15) is 0 Å². The number of fused-ring (bicyclic) bond motifs is 3. The van der Waals surface area contributed by atoms with Gasteiger partial charge in [-0.05, 0) is 63.8 Å². The van der Waals surface area contributed by atoms with Crippen LogP contribution >= 0.6 is 0 Å². The van der Waals surface area contributed by atoms with Crippen LogP contribution in [-0.4, -0.2) is 21.7 Å².